The van der Waals surface area contributed by atoms with Gasteiger partial charge < -0.3 is 26.0 Å². The monoisotopic (exact) mass is 246 g/mol. The summed E-state index contributed by atoms with van der Waals surface area (Å²) in [6.07, 6.45) is 2.98. The van der Waals surface area contributed by atoms with E-state index in [4.69, 9.17) is 15.6 Å². The Balaban J connectivity index is 2.00. The van der Waals surface area contributed by atoms with Gasteiger partial charge in [-0.2, -0.15) is 0 Å². The minimum atomic E-state index is -1.21. The normalized spacial score (nSPS) is 20.4. The Morgan fingerprint density at radius 1 is 1.35 bits per heavy atom. The van der Waals surface area contributed by atoms with Gasteiger partial charge in [0.05, 0.1) is 18.8 Å². The zero-order valence-electron chi connectivity index (χ0n) is 9.97. The van der Waals surface area contributed by atoms with E-state index in [0.717, 1.165) is 12.8 Å². The van der Waals surface area contributed by atoms with E-state index in [9.17, 15) is 9.90 Å². The minimum absolute atomic E-state index is 0.0514. The molecule has 6 heteroatoms. The van der Waals surface area contributed by atoms with Crippen LogP contribution in [0.15, 0.2) is 0 Å². The van der Waals surface area contributed by atoms with Crippen LogP contribution in [0.2, 0.25) is 0 Å². The number of nitrogens with two attached hydrogens (primary N) is 1. The van der Waals surface area contributed by atoms with Crippen molar-refractivity contribution >= 4 is 5.91 Å². The summed E-state index contributed by atoms with van der Waals surface area (Å²) in [6, 6.07) is 0. The number of aliphatic hydroxyl groups excluding tert-OH is 2. The third-order valence-electron chi connectivity index (χ3n) is 2.87. The van der Waals surface area contributed by atoms with Crippen LogP contribution in [0.3, 0.4) is 0 Å². The highest BCUT2D eigenvalue weighted by molar-refractivity contribution is 5.78. The van der Waals surface area contributed by atoms with E-state index in [1.807, 2.05) is 0 Å². The van der Waals surface area contributed by atoms with Gasteiger partial charge >= 0.3 is 0 Å². The summed E-state index contributed by atoms with van der Waals surface area (Å²) in [5.74, 6) is -0.769. The molecule has 0 saturated heterocycles. The first-order valence-corrected chi connectivity index (χ1v) is 6.07. The van der Waals surface area contributed by atoms with E-state index < -0.39 is 18.1 Å². The van der Waals surface area contributed by atoms with Crippen LogP contribution in [0.5, 0.6) is 0 Å². The van der Waals surface area contributed by atoms with Gasteiger partial charge in [-0.1, -0.05) is 12.8 Å². The molecule has 2 atom stereocenters. The van der Waals surface area contributed by atoms with Gasteiger partial charge in [-0.3, -0.25) is 4.79 Å². The maximum absolute atomic E-state index is 10.5. The average molecular weight is 246 g/mol. The lowest BCUT2D eigenvalue weighted by Crippen LogP contribution is -2.41. The van der Waals surface area contributed by atoms with Gasteiger partial charge in [-0.15, -0.1) is 0 Å². The molecular formula is C11H22N2O4. The smallest absolute Gasteiger partial charge is 0.247 e. The fourth-order valence-corrected chi connectivity index (χ4v) is 1.85. The predicted octanol–water partition coefficient (Wildman–Crippen LogP) is -1.26. The second-order valence-corrected chi connectivity index (χ2v) is 4.47. The van der Waals surface area contributed by atoms with Crippen LogP contribution in [-0.2, 0) is 9.53 Å². The summed E-state index contributed by atoms with van der Waals surface area (Å²) in [5.41, 5.74) is 4.88. The van der Waals surface area contributed by atoms with Gasteiger partial charge in [-0.05, 0) is 12.8 Å². The summed E-state index contributed by atoms with van der Waals surface area (Å²) in [6.45, 7) is 0.608. The van der Waals surface area contributed by atoms with Crippen LogP contribution in [-0.4, -0.2) is 54.1 Å². The lowest BCUT2D eigenvalue weighted by Gasteiger charge is -2.16. The van der Waals surface area contributed by atoms with Crippen molar-refractivity contribution < 1.29 is 19.7 Å². The van der Waals surface area contributed by atoms with Gasteiger partial charge in [0.25, 0.3) is 0 Å². The second kappa shape index (κ2) is 7.60. The predicted molar refractivity (Wildman–Crippen MR) is 62.3 cm³/mol. The fraction of sp³-hybridized carbons (Fsp3) is 0.909. The summed E-state index contributed by atoms with van der Waals surface area (Å²) < 4.78 is 5.53. The Hall–Kier alpha value is -0.690. The molecule has 0 aromatic heterocycles. The number of hydrogen-bond donors (Lipinski definition) is 4. The Morgan fingerprint density at radius 2 is 2.00 bits per heavy atom. The highest BCUT2D eigenvalue weighted by atomic mass is 16.5. The zero-order valence-corrected chi connectivity index (χ0v) is 9.97. The van der Waals surface area contributed by atoms with Crippen molar-refractivity contribution in [2.24, 2.45) is 5.73 Å². The fourth-order valence-electron chi connectivity index (χ4n) is 1.85. The molecule has 17 heavy (non-hydrogen) atoms. The van der Waals surface area contributed by atoms with Gasteiger partial charge in [0.1, 0.15) is 6.10 Å². The van der Waals surface area contributed by atoms with Crippen LogP contribution in [0.1, 0.15) is 25.7 Å². The van der Waals surface area contributed by atoms with E-state index in [2.05, 4.69) is 5.32 Å². The number of carbonyl (C=O) groups is 1. The van der Waals surface area contributed by atoms with E-state index in [1.54, 1.807) is 0 Å². The highest BCUT2D eigenvalue weighted by Crippen LogP contribution is 2.20. The number of hydrogen-bond acceptors (Lipinski definition) is 5. The number of aliphatic hydroxyl groups is 2. The van der Waals surface area contributed by atoms with Gasteiger partial charge in [0.2, 0.25) is 5.91 Å². The molecule has 6 nitrogen and oxygen atoms in total. The van der Waals surface area contributed by atoms with Gasteiger partial charge in [0.15, 0.2) is 0 Å². The van der Waals surface area contributed by atoms with E-state index in [1.165, 1.54) is 12.8 Å². The molecule has 1 amide bonds. The Labute approximate surface area is 101 Å². The molecule has 0 aliphatic heterocycles. The number of ether oxygens (including phenoxy) is 1. The van der Waals surface area contributed by atoms with Crippen molar-refractivity contribution in [2.75, 3.05) is 19.7 Å². The molecule has 0 bridgehead atoms. The maximum Gasteiger partial charge on any atom is 0.247 e. The molecule has 0 aromatic carbocycles. The van der Waals surface area contributed by atoms with Crippen molar-refractivity contribution in [3.05, 3.63) is 0 Å². The molecule has 1 saturated carbocycles. The third-order valence-corrected chi connectivity index (χ3v) is 2.87. The molecule has 1 aliphatic rings. The minimum Gasteiger partial charge on any atom is -0.389 e. The van der Waals surface area contributed by atoms with Crippen molar-refractivity contribution in [2.45, 2.75) is 44.0 Å². The molecular weight excluding hydrogens is 224 g/mol. The number of amides is 1. The van der Waals surface area contributed by atoms with Gasteiger partial charge in [-0.25, -0.2) is 0 Å². The Morgan fingerprint density at radius 3 is 2.59 bits per heavy atom. The molecule has 1 aliphatic carbocycles. The summed E-state index contributed by atoms with van der Waals surface area (Å²) in [5, 5.41) is 21.4. The second-order valence-electron chi connectivity index (χ2n) is 4.47. The quantitative estimate of drug-likeness (QED) is 0.428. The summed E-state index contributed by atoms with van der Waals surface area (Å²) in [7, 11) is 0. The lowest BCUT2D eigenvalue weighted by atomic mass is 10.3. The first kappa shape index (κ1) is 14.4. The Kier molecular flexibility index (Phi) is 6.43. The topological polar surface area (TPSA) is 105 Å². The number of rotatable bonds is 8. The van der Waals surface area contributed by atoms with Gasteiger partial charge in [0, 0.05) is 13.1 Å². The molecule has 100 valence electrons. The summed E-state index contributed by atoms with van der Waals surface area (Å²) in [4.78, 5) is 10.5. The van der Waals surface area contributed by atoms with Crippen LogP contribution in [0.4, 0.5) is 0 Å². The van der Waals surface area contributed by atoms with E-state index in [-0.39, 0.29) is 25.8 Å². The molecule has 0 radical (unpaired) electrons. The molecule has 0 spiro atoms. The van der Waals surface area contributed by atoms with Crippen LogP contribution in [0.25, 0.3) is 0 Å². The van der Waals surface area contributed by atoms with Crippen LogP contribution in [0, 0.1) is 0 Å². The average Bonchev–Trinajstić information content (AvgIpc) is 2.78. The van der Waals surface area contributed by atoms with Crippen molar-refractivity contribution in [3.63, 3.8) is 0 Å². The molecule has 1 fully saturated rings. The molecule has 0 heterocycles. The van der Waals surface area contributed by atoms with E-state index >= 15 is 0 Å². The largest absolute Gasteiger partial charge is 0.389 e. The maximum atomic E-state index is 10.5. The van der Waals surface area contributed by atoms with Crippen LogP contribution >= 0.6 is 0 Å². The summed E-state index contributed by atoms with van der Waals surface area (Å²) >= 11 is 0. The zero-order chi connectivity index (χ0) is 12.7. The van der Waals surface area contributed by atoms with E-state index in [0.29, 0.717) is 0 Å². The first-order valence-electron chi connectivity index (χ1n) is 6.07. The highest BCUT2D eigenvalue weighted by Gasteiger charge is 2.17. The van der Waals surface area contributed by atoms with Crippen molar-refractivity contribution in [1.29, 1.82) is 0 Å². The van der Waals surface area contributed by atoms with Crippen molar-refractivity contribution in [1.82, 2.24) is 5.32 Å². The lowest BCUT2D eigenvalue weighted by molar-refractivity contribution is -0.125. The first-order chi connectivity index (χ1) is 8.09. The SMILES string of the molecule is NC(=O)C(O)CNCC(O)COC1CCCC1. The molecule has 1 rings (SSSR count). The van der Waals surface area contributed by atoms with Crippen LogP contribution < -0.4 is 11.1 Å². The van der Waals surface area contributed by atoms with Crippen molar-refractivity contribution in [3.8, 4) is 0 Å². The standard InChI is InChI=1S/C11H22N2O4/c12-11(16)10(15)6-13-5-8(14)7-17-9-3-1-2-4-9/h8-10,13-15H,1-7H2,(H2,12,16). The number of carbonyl (C=O) groups excluding carboxylic acids is 1. The number of nitrogens with one attached hydrogen (secondary N) is 1. The Bertz CT molecular complexity index is 232. The third kappa shape index (κ3) is 5.97. The molecule has 2 unspecified atom stereocenters. The molecule has 0 aromatic rings. The molecule has 5 N–H and O–H groups in total. The number of primary amides is 1.